The molecule has 0 fully saturated rings. The summed E-state index contributed by atoms with van der Waals surface area (Å²) in [6, 6.07) is 0. The SMILES string of the molecule is CC(C)(O)/C(S)=C(\S)c1cncnc1. The first-order valence-corrected chi connectivity index (χ1v) is 4.93. The van der Waals surface area contributed by atoms with Crippen molar-refractivity contribution < 1.29 is 5.11 Å². The van der Waals surface area contributed by atoms with Crippen LogP contribution in [0.15, 0.2) is 23.6 Å². The zero-order chi connectivity index (χ0) is 10.8. The Morgan fingerprint density at radius 3 is 2.21 bits per heavy atom. The van der Waals surface area contributed by atoms with Crippen LogP contribution in [0.5, 0.6) is 0 Å². The van der Waals surface area contributed by atoms with E-state index in [1.165, 1.54) is 6.33 Å². The Labute approximate surface area is 94.1 Å². The molecular formula is C9H12N2OS2. The first-order valence-electron chi connectivity index (χ1n) is 4.03. The van der Waals surface area contributed by atoms with Gasteiger partial charge in [0.05, 0.1) is 5.60 Å². The fourth-order valence-corrected chi connectivity index (χ4v) is 1.37. The molecule has 0 spiro atoms. The molecule has 0 radical (unpaired) electrons. The standard InChI is InChI=1S/C9H12N2OS2/c1-9(2,12)8(14)7(13)6-3-10-5-11-4-6/h3-5,12-14H,1-2H3/b8-7+. The molecule has 0 atom stereocenters. The Hall–Kier alpha value is -0.520. The molecular weight excluding hydrogens is 216 g/mol. The summed E-state index contributed by atoms with van der Waals surface area (Å²) in [5.74, 6) is 0. The van der Waals surface area contributed by atoms with Crippen LogP contribution in [-0.2, 0) is 0 Å². The van der Waals surface area contributed by atoms with E-state index in [9.17, 15) is 5.11 Å². The summed E-state index contributed by atoms with van der Waals surface area (Å²) in [7, 11) is 0. The molecule has 1 aromatic rings. The molecule has 0 saturated carbocycles. The topological polar surface area (TPSA) is 46.0 Å². The van der Waals surface area contributed by atoms with Crippen molar-refractivity contribution in [3.8, 4) is 0 Å². The molecule has 1 N–H and O–H groups in total. The highest BCUT2D eigenvalue weighted by Gasteiger charge is 2.19. The molecule has 14 heavy (non-hydrogen) atoms. The highest BCUT2D eigenvalue weighted by Crippen LogP contribution is 2.30. The molecule has 1 rings (SSSR count). The third-order valence-corrected chi connectivity index (χ3v) is 3.07. The second-order valence-electron chi connectivity index (χ2n) is 3.38. The van der Waals surface area contributed by atoms with Crippen LogP contribution in [0.1, 0.15) is 19.4 Å². The summed E-state index contributed by atoms with van der Waals surface area (Å²) in [6.45, 7) is 3.30. The fourth-order valence-electron chi connectivity index (χ4n) is 0.848. The summed E-state index contributed by atoms with van der Waals surface area (Å²) >= 11 is 8.49. The third-order valence-electron chi connectivity index (χ3n) is 1.64. The summed E-state index contributed by atoms with van der Waals surface area (Å²) in [6.07, 6.45) is 4.68. The Bertz CT molecular complexity index is 344. The Balaban J connectivity index is 3.12. The van der Waals surface area contributed by atoms with Crippen molar-refractivity contribution in [2.24, 2.45) is 0 Å². The van der Waals surface area contributed by atoms with Gasteiger partial charge >= 0.3 is 0 Å². The van der Waals surface area contributed by atoms with E-state index in [0.29, 0.717) is 9.81 Å². The number of aromatic nitrogens is 2. The summed E-state index contributed by atoms with van der Waals surface area (Å²) < 4.78 is 0. The second kappa shape index (κ2) is 4.33. The van der Waals surface area contributed by atoms with Crippen LogP contribution in [0.3, 0.4) is 0 Å². The van der Waals surface area contributed by atoms with Gasteiger partial charge in [0.25, 0.3) is 0 Å². The van der Waals surface area contributed by atoms with Crippen LogP contribution in [0.25, 0.3) is 4.91 Å². The molecule has 0 bridgehead atoms. The normalized spacial score (nSPS) is 13.8. The number of hydrogen-bond donors (Lipinski definition) is 3. The smallest absolute Gasteiger partial charge is 0.115 e. The van der Waals surface area contributed by atoms with E-state index in [1.807, 2.05) is 0 Å². The molecule has 1 aromatic heterocycles. The van der Waals surface area contributed by atoms with E-state index in [-0.39, 0.29) is 0 Å². The zero-order valence-corrected chi connectivity index (χ0v) is 9.76. The lowest BCUT2D eigenvalue weighted by Crippen LogP contribution is -2.19. The predicted octanol–water partition coefficient (Wildman–Crippen LogP) is 1.78. The predicted molar refractivity (Wildman–Crippen MR) is 63.2 cm³/mol. The number of aliphatic hydroxyl groups is 1. The second-order valence-corrected chi connectivity index (χ2v) is 4.28. The van der Waals surface area contributed by atoms with Gasteiger partial charge in [0.15, 0.2) is 0 Å². The van der Waals surface area contributed by atoms with Gasteiger partial charge in [-0.25, -0.2) is 9.97 Å². The highest BCUT2D eigenvalue weighted by atomic mass is 32.1. The average molecular weight is 228 g/mol. The monoisotopic (exact) mass is 228 g/mol. The van der Waals surface area contributed by atoms with E-state index in [1.54, 1.807) is 26.2 Å². The molecule has 0 saturated heterocycles. The van der Waals surface area contributed by atoms with Crippen molar-refractivity contribution in [1.29, 1.82) is 0 Å². The van der Waals surface area contributed by atoms with Gasteiger partial charge in [-0.1, -0.05) is 0 Å². The highest BCUT2D eigenvalue weighted by molar-refractivity contribution is 7.93. The first-order chi connectivity index (χ1) is 6.43. The Morgan fingerprint density at radius 1 is 1.29 bits per heavy atom. The van der Waals surface area contributed by atoms with E-state index < -0.39 is 5.60 Å². The largest absolute Gasteiger partial charge is 0.385 e. The lowest BCUT2D eigenvalue weighted by molar-refractivity contribution is 0.130. The zero-order valence-electron chi connectivity index (χ0n) is 7.97. The molecule has 0 aliphatic carbocycles. The van der Waals surface area contributed by atoms with Crippen LogP contribution in [0, 0.1) is 0 Å². The van der Waals surface area contributed by atoms with Crippen LogP contribution in [-0.4, -0.2) is 20.7 Å². The molecule has 3 nitrogen and oxygen atoms in total. The maximum Gasteiger partial charge on any atom is 0.115 e. The van der Waals surface area contributed by atoms with Gasteiger partial charge in [-0.3, -0.25) is 0 Å². The van der Waals surface area contributed by atoms with Crippen LogP contribution < -0.4 is 0 Å². The summed E-state index contributed by atoms with van der Waals surface area (Å²) in [4.78, 5) is 8.80. The van der Waals surface area contributed by atoms with Crippen LogP contribution in [0.2, 0.25) is 0 Å². The van der Waals surface area contributed by atoms with Crippen LogP contribution in [0.4, 0.5) is 0 Å². The van der Waals surface area contributed by atoms with E-state index in [4.69, 9.17) is 0 Å². The van der Waals surface area contributed by atoms with Crippen molar-refractivity contribution in [3.63, 3.8) is 0 Å². The molecule has 0 aliphatic rings. The van der Waals surface area contributed by atoms with Crippen molar-refractivity contribution in [1.82, 2.24) is 9.97 Å². The molecule has 0 aliphatic heterocycles. The Kier molecular flexibility index (Phi) is 3.58. The maximum absolute atomic E-state index is 9.69. The number of nitrogens with zero attached hydrogens (tertiary/aromatic N) is 2. The number of thiol groups is 2. The molecule has 0 unspecified atom stereocenters. The van der Waals surface area contributed by atoms with Gasteiger partial charge in [0.2, 0.25) is 0 Å². The molecule has 1 heterocycles. The minimum absolute atomic E-state index is 0.496. The van der Waals surface area contributed by atoms with Crippen molar-refractivity contribution >= 4 is 30.2 Å². The van der Waals surface area contributed by atoms with Crippen LogP contribution >= 0.6 is 25.3 Å². The number of rotatable bonds is 2. The maximum atomic E-state index is 9.69. The molecule has 0 aromatic carbocycles. The minimum atomic E-state index is -1.00. The van der Waals surface area contributed by atoms with Crippen molar-refractivity contribution in [3.05, 3.63) is 29.2 Å². The lowest BCUT2D eigenvalue weighted by Gasteiger charge is -2.19. The molecule has 5 heteroatoms. The molecule has 76 valence electrons. The van der Waals surface area contributed by atoms with E-state index in [2.05, 4.69) is 35.2 Å². The summed E-state index contributed by atoms with van der Waals surface area (Å²) in [5.41, 5.74) is -0.265. The van der Waals surface area contributed by atoms with E-state index >= 15 is 0 Å². The van der Waals surface area contributed by atoms with Gasteiger partial charge < -0.3 is 5.11 Å². The first kappa shape index (κ1) is 11.6. The molecule has 0 amide bonds. The average Bonchev–Trinajstić information content (AvgIpc) is 2.15. The lowest BCUT2D eigenvalue weighted by atomic mass is 10.1. The number of hydrogen-bond acceptors (Lipinski definition) is 5. The van der Waals surface area contributed by atoms with Gasteiger partial charge in [-0.15, -0.1) is 25.3 Å². The minimum Gasteiger partial charge on any atom is -0.385 e. The quantitative estimate of drug-likeness (QED) is 0.676. The summed E-state index contributed by atoms with van der Waals surface area (Å²) in [5, 5.41) is 9.69. The van der Waals surface area contributed by atoms with Crippen molar-refractivity contribution in [2.45, 2.75) is 19.4 Å². The van der Waals surface area contributed by atoms with Gasteiger partial charge in [0.1, 0.15) is 6.33 Å². The fraction of sp³-hybridized carbons (Fsp3) is 0.333. The van der Waals surface area contributed by atoms with Gasteiger partial charge in [-0.05, 0) is 13.8 Å². The Morgan fingerprint density at radius 2 is 1.79 bits per heavy atom. The van der Waals surface area contributed by atoms with Crippen molar-refractivity contribution in [2.75, 3.05) is 0 Å². The van der Waals surface area contributed by atoms with E-state index in [0.717, 1.165) is 5.56 Å². The van der Waals surface area contributed by atoms with Gasteiger partial charge in [-0.2, -0.15) is 0 Å². The third kappa shape index (κ3) is 2.73. The van der Waals surface area contributed by atoms with Gasteiger partial charge in [0, 0.05) is 27.8 Å².